The van der Waals surface area contributed by atoms with E-state index in [0.29, 0.717) is 45.7 Å². The van der Waals surface area contributed by atoms with Crippen LogP contribution >= 0.6 is 11.6 Å². The fourth-order valence-corrected chi connectivity index (χ4v) is 3.94. The zero-order chi connectivity index (χ0) is 26.2. The lowest BCUT2D eigenvalue weighted by molar-refractivity contribution is -0.137. The summed E-state index contributed by atoms with van der Waals surface area (Å²) >= 11 is 5.85. The molecule has 0 unspecified atom stereocenters. The summed E-state index contributed by atoms with van der Waals surface area (Å²) in [6, 6.07) is 9.27. The minimum absolute atomic E-state index is 0.308. The molecule has 4 heterocycles. The van der Waals surface area contributed by atoms with Crippen LogP contribution < -0.4 is 10.6 Å². The number of nitrogens with zero attached hydrogens (tertiary/aromatic N) is 5. The number of alkyl halides is 3. The lowest BCUT2D eigenvalue weighted by atomic mass is 10.1. The van der Waals surface area contributed by atoms with Crippen molar-refractivity contribution in [1.82, 2.24) is 29.9 Å². The van der Waals surface area contributed by atoms with E-state index in [2.05, 4.69) is 40.5 Å². The van der Waals surface area contributed by atoms with Gasteiger partial charge in [0.2, 0.25) is 0 Å². The van der Waals surface area contributed by atoms with Crippen LogP contribution in [0.1, 0.15) is 21.6 Å². The van der Waals surface area contributed by atoms with E-state index in [-0.39, 0.29) is 0 Å². The first kappa shape index (κ1) is 24.1. The molecule has 5 rings (SSSR count). The van der Waals surface area contributed by atoms with Crippen molar-refractivity contribution in [3.05, 3.63) is 83.3 Å². The Bertz CT molecular complexity index is 1640. The first-order valence-electron chi connectivity index (χ1n) is 10.7. The van der Waals surface area contributed by atoms with Crippen LogP contribution in [0.4, 0.5) is 30.4 Å². The van der Waals surface area contributed by atoms with Crippen LogP contribution in [0.5, 0.6) is 0 Å². The Labute approximate surface area is 212 Å². The number of carbonyl (C=O) groups is 1. The predicted molar refractivity (Wildman–Crippen MR) is 132 cm³/mol. The topological polar surface area (TPSA) is 121 Å². The van der Waals surface area contributed by atoms with E-state index in [9.17, 15) is 18.0 Å². The highest BCUT2D eigenvalue weighted by Crippen LogP contribution is 2.36. The van der Waals surface area contributed by atoms with E-state index in [0.717, 1.165) is 11.8 Å². The maximum atomic E-state index is 13.2. The summed E-state index contributed by atoms with van der Waals surface area (Å²) in [6.07, 6.45) is 0.714. The Balaban J connectivity index is 1.45. The molecule has 37 heavy (non-hydrogen) atoms. The third kappa shape index (κ3) is 4.78. The number of aromatic nitrogens is 6. The first-order chi connectivity index (χ1) is 17.7. The third-order valence-electron chi connectivity index (χ3n) is 5.44. The van der Waals surface area contributed by atoms with Crippen molar-refractivity contribution < 1.29 is 18.0 Å². The number of rotatable bonds is 5. The summed E-state index contributed by atoms with van der Waals surface area (Å²) in [4.78, 5) is 36.7. The van der Waals surface area contributed by atoms with E-state index in [4.69, 9.17) is 11.6 Å². The van der Waals surface area contributed by atoms with Gasteiger partial charge in [-0.25, -0.2) is 24.9 Å². The second kappa shape index (κ2) is 9.47. The molecule has 1 aromatic carbocycles. The van der Waals surface area contributed by atoms with Gasteiger partial charge in [-0.3, -0.25) is 4.79 Å². The number of nitrogens with one attached hydrogen (secondary N) is 3. The molecule has 0 fully saturated rings. The SMILES string of the molecule is Cc1ccc(NC(=O)c2nccc(C(F)(F)F)c2Cl)cc1Nc1ncccc1-c1ncnc2[nH]cnc12. The van der Waals surface area contributed by atoms with E-state index in [1.807, 2.05) is 13.0 Å². The Morgan fingerprint density at radius 3 is 2.68 bits per heavy atom. The highest BCUT2D eigenvalue weighted by molar-refractivity contribution is 6.34. The molecular weight excluding hydrogens is 509 g/mol. The first-order valence-corrected chi connectivity index (χ1v) is 11.1. The number of fused-ring (bicyclic) bond motifs is 1. The summed E-state index contributed by atoms with van der Waals surface area (Å²) in [5, 5.41) is 5.02. The van der Waals surface area contributed by atoms with Crippen LogP contribution in [-0.4, -0.2) is 35.8 Å². The van der Waals surface area contributed by atoms with Gasteiger partial charge in [0, 0.05) is 29.3 Å². The van der Waals surface area contributed by atoms with Crippen molar-refractivity contribution in [1.29, 1.82) is 0 Å². The van der Waals surface area contributed by atoms with Gasteiger partial charge in [0.05, 0.1) is 16.9 Å². The largest absolute Gasteiger partial charge is 0.417 e. The van der Waals surface area contributed by atoms with Crippen molar-refractivity contribution in [2.24, 2.45) is 0 Å². The molecule has 0 spiro atoms. The summed E-state index contributed by atoms with van der Waals surface area (Å²) < 4.78 is 39.5. The maximum absolute atomic E-state index is 13.2. The Morgan fingerprint density at radius 2 is 1.86 bits per heavy atom. The number of anilines is 3. The van der Waals surface area contributed by atoms with Crippen molar-refractivity contribution >= 4 is 45.9 Å². The molecule has 0 aliphatic rings. The fraction of sp³-hybridized carbons (Fsp3) is 0.0833. The molecule has 0 bridgehead atoms. The third-order valence-corrected chi connectivity index (χ3v) is 5.82. The van der Waals surface area contributed by atoms with Crippen LogP contribution in [0.15, 0.2) is 61.4 Å². The Morgan fingerprint density at radius 1 is 1.03 bits per heavy atom. The molecule has 4 aromatic heterocycles. The van der Waals surface area contributed by atoms with Crippen LogP contribution in [0.2, 0.25) is 5.02 Å². The maximum Gasteiger partial charge on any atom is 0.417 e. The average Bonchev–Trinajstić information content (AvgIpc) is 3.35. The molecule has 0 saturated carbocycles. The minimum Gasteiger partial charge on any atom is -0.339 e. The van der Waals surface area contributed by atoms with Crippen LogP contribution in [0.25, 0.3) is 22.4 Å². The summed E-state index contributed by atoms with van der Waals surface area (Å²) in [6.45, 7) is 1.85. The molecule has 5 aromatic rings. The highest BCUT2D eigenvalue weighted by atomic mass is 35.5. The van der Waals surface area contributed by atoms with Gasteiger partial charge in [-0.05, 0) is 42.8 Å². The zero-order valence-corrected chi connectivity index (χ0v) is 19.7. The van der Waals surface area contributed by atoms with Gasteiger partial charge in [-0.2, -0.15) is 13.2 Å². The predicted octanol–water partition coefficient (Wildman–Crippen LogP) is 5.79. The van der Waals surface area contributed by atoms with Crippen LogP contribution in [-0.2, 0) is 6.18 Å². The van der Waals surface area contributed by atoms with Gasteiger partial charge in [0.25, 0.3) is 5.91 Å². The molecule has 0 atom stereocenters. The van der Waals surface area contributed by atoms with Gasteiger partial charge in [-0.1, -0.05) is 17.7 Å². The number of hydrogen-bond acceptors (Lipinski definition) is 7. The molecule has 0 radical (unpaired) electrons. The molecule has 9 nitrogen and oxygen atoms in total. The quantitative estimate of drug-likeness (QED) is 0.266. The minimum atomic E-state index is -4.72. The number of aryl methyl sites for hydroxylation is 1. The highest BCUT2D eigenvalue weighted by Gasteiger charge is 2.35. The summed E-state index contributed by atoms with van der Waals surface area (Å²) in [5.74, 6) is -0.411. The van der Waals surface area contributed by atoms with Gasteiger partial charge in [-0.15, -0.1) is 0 Å². The van der Waals surface area contributed by atoms with Crippen molar-refractivity contribution in [3.8, 4) is 11.3 Å². The van der Waals surface area contributed by atoms with E-state index >= 15 is 0 Å². The van der Waals surface area contributed by atoms with Crippen molar-refractivity contribution in [2.75, 3.05) is 10.6 Å². The van der Waals surface area contributed by atoms with Crippen LogP contribution in [0, 0.1) is 6.92 Å². The number of amides is 1. The summed E-state index contributed by atoms with van der Waals surface area (Å²) in [5.41, 5.74) is 2.41. The molecule has 186 valence electrons. The Hall–Kier alpha value is -4.58. The smallest absolute Gasteiger partial charge is 0.339 e. The number of aromatic amines is 1. The zero-order valence-electron chi connectivity index (χ0n) is 18.9. The molecule has 13 heteroatoms. The molecule has 1 amide bonds. The Kier molecular flexibility index (Phi) is 6.17. The molecule has 0 saturated heterocycles. The lowest BCUT2D eigenvalue weighted by Gasteiger charge is -2.15. The monoisotopic (exact) mass is 524 g/mol. The molecule has 0 aliphatic carbocycles. The fourth-order valence-electron chi connectivity index (χ4n) is 3.63. The molecule has 0 aliphatic heterocycles. The number of benzene rings is 1. The van der Waals surface area contributed by atoms with E-state index in [1.54, 1.807) is 30.5 Å². The number of imidazole rings is 1. The number of hydrogen-bond donors (Lipinski definition) is 3. The van der Waals surface area contributed by atoms with Crippen molar-refractivity contribution in [2.45, 2.75) is 13.1 Å². The van der Waals surface area contributed by atoms with Gasteiger partial charge in [0.15, 0.2) is 5.65 Å². The molecule has 3 N–H and O–H groups in total. The lowest BCUT2D eigenvalue weighted by Crippen LogP contribution is -2.17. The normalized spacial score (nSPS) is 11.5. The van der Waals surface area contributed by atoms with E-state index < -0.39 is 28.4 Å². The van der Waals surface area contributed by atoms with Gasteiger partial charge in [0.1, 0.15) is 29.0 Å². The van der Waals surface area contributed by atoms with Crippen LogP contribution in [0.3, 0.4) is 0 Å². The second-order valence-corrected chi connectivity index (χ2v) is 8.23. The van der Waals surface area contributed by atoms with Gasteiger partial charge >= 0.3 is 6.18 Å². The number of H-pyrrole nitrogens is 1. The standard InChI is InChI=1S/C24H16ClF3N8O/c1-12-4-5-13(35-23(37)19-17(25)15(6-8-29-19)24(26,27)28)9-16(12)36-21-14(3-2-7-30-21)18-20-22(33-10-31-18)34-11-32-20/h2-11H,1H3,(H,30,36)(H,35,37)(H,31,32,33,34). The number of carbonyl (C=O) groups excluding carboxylic acids is 1. The summed E-state index contributed by atoms with van der Waals surface area (Å²) in [7, 11) is 0. The van der Waals surface area contributed by atoms with E-state index in [1.165, 1.54) is 12.7 Å². The average molecular weight is 525 g/mol. The number of halogens is 4. The van der Waals surface area contributed by atoms with Crippen molar-refractivity contribution in [3.63, 3.8) is 0 Å². The molecular formula is C24H16ClF3N8O. The second-order valence-electron chi connectivity index (χ2n) is 7.85. The number of pyridine rings is 2. The van der Waals surface area contributed by atoms with Gasteiger partial charge < -0.3 is 15.6 Å².